The Morgan fingerprint density at radius 1 is 1.50 bits per heavy atom. The molecule has 0 spiro atoms. The van der Waals surface area contributed by atoms with E-state index in [0.29, 0.717) is 0 Å². The van der Waals surface area contributed by atoms with Crippen LogP contribution in [0.25, 0.3) is 0 Å². The Morgan fingerprint density at radius 3 is 2.71 bits per heavy atom. The summed E-state index contributed by atoms with van der Waals surface area (Å²) in [6.45, 7) is 4.64. The lowest BCUT2D eigenvalue weighted by Gasteiger charge is -2.16. The third-order valence-corrected chi connectivity index (χ3v) is 3.18. The summed E-state index contributed by atoms with van der Waals surface area (Å²) in [6.07, 6.45) is 0. The summed E-state index contributed by atoms with van der Waals surface area (Å²) in [4.78, 5) is 13.6. The minimum atomic E-state index is 0.0753. The predicted octanol–water partition coefficient (Wildman–Crippen LogP) is 2.85. The number of carbonyl (C=O) groups is 1. The van der Waals surface area contributed by atoms with E-state index >= 15 is 0 Å². The van der Waals surface area contributed by atoms with Gasteiger partial charge in [0, 0.05) is 23.6 Å². The van der Waals surface area contributed by atoms with Gasteiger partial charge >= 0.3 is 0 Å². The van der Waals surface area contributed by atoms with Crippen LogP contribution in [-0.4, -0.2) is 24.4 Å². The molecule has 0 saturated carbocycles. The van der Waals surface area contributed by atoms with Crippen molar-refractivity contribution in [1.82, 2.24) is 4.90 Å². The third-order valence-electron chi connectivity index (χ3n) is 2.32. The molecule has 0 bridgehead atoms. The molecule has 0 aliphatic rings. The lowest BCUT2D eigenvalue weighted by molar-refractivity contribution is 0.0801. The van der Waals surface area contributed by atoms with Crippen LogP contribution in [0.2, 0.25) is 0 Å². The lowest BCUT2D eigenvalue weighted by Crippen LogP contribution is -2.26. The van der Waals surface area contributed by atoms with E-state index in [1.54, 1.807) is 4.90 Å². The highest BCUT2D eigenvalue weighted by atomic mass is 79.9. The van der Waals surface area contributed by atoms with Gasteiger partial charge in [0.1, 0.15) is 0 Å². The first kappa shape index (κ1) is 11.2. The Balaban J connectivity index is 3.07. The molecule has 1 aromatic rings. The van der Waals surface area contributed by atoms with Crippen molar-refractivity contribution < 1.29 is 4.79 Å². The third kappa shape index (κ3) is 2.15. The quantitative estimate of drug-likeness (QED) is 0.796. The monoisotopic (exact) mass is 255 g/mol. The second kappa shape index (κ2) is 4.60. The first-order valence-electron chi connectivity index (χ1n) is 4.58. The smallest absolute Gasteiger partial charge is 0.253 e. The fourth-order valence-corrected chi connectivity index (χ4v) is 1.55. The molecule has 0 fully saturated rings. The molecule has 0 radical (unpaired) electrons. The number of amides is 1. The SMILES string of the molecule is CCN(C)C(=O)c1cccc(Br)c1C. The molecule has 0 saturated heterocycles. The van der Waals surface area contributed by atoms with E-state index in [-0.39, 0.29) is 5.91 Å². The van der Waals surface area contributed by atoms with Gasteiger partial charge in [0.15, 0.2) is 0 Å². The van der Waals surface area contributed by atoms with Crippen LogP contribution in [0.15, 0.2) is 22.7 Å². The van der Waals surface area contributed by atoms with Crippen LogP contribution in [0.3, 0.4) is 0 Å². The van der Waals surface area contributed by atoms with Gasteiger partial charge in [-0.1, -0.05) is 22.0 Å². The highest BCUT2D eigenvalue weighted by Crippen LogP contribution is 2.20. The van der Waals surface area contributed by atoms with E-state index in [4.69, 9.17) is 0 Å². The largest absolute Gasteiger partial charge is 0.342 e. The summed E-state index contributed by atoms with van der Waals surface area (Å²) in [7, 11) is 1.81. The fourth-order valence-electron chi connectivity index (χ4n) is 1.19. The summed E-state index contributed by atoms with van der Waals surface area (Å²) in [6, 6.07) is 5.68. The molecule has 2 nitrogen and oxygen atoms in total. The highest BCUT2D eigenvalue weighted by molar-refractivity contribution is 9.10. The van der Waals surface area contributed by atoms with E-state index in [1.807, 2.05) is 39.1 Å². The van der Waals surface area contributed by atoms with E-state index < -0.39 is 0 Å². The number of halogens is 1. The molecule has 0 unspecified atom stereocenters. The zero-order valence-corrected chi connectivity index (χ0v) is 10.3. The molecule has 1 aromatic carbocycles. The van der Waals surface area contributed by atoms with Crippen LogP contribution < -0.4 is 0 Å². The van der Waals surface area contributed by atoms with E-state index in [0.717, 1.165) is 22.1 Å². The van der Waals surface area contributed by atoms with Crippen LogP contribution in [0, 0.1) is 6.92 Å². The zero-order chi connectivity index (χ0) is 10.7. The normalized spacial score (nSPS) is 10.0. The Kier molecular flexibility index (Phi) is 3.69. The molecule has 0 N–H and O–H groups in total. The van der Waals surface area contributed by atoms with Gasteiger partial charge in [-0.05, 0) is 31.5 Å². The van der Waals surface area contributed by atoms with Gasteiger partial charge in [0.2, 0.25) is 0 Å². The maximum Gasteiger partial charge on any atom is 0.253 e. The second-order valence-electron chi connectivity index (χ2n) is 3.23. The molecule has 1 rings (SSSR count). The van der Waals surface area contributed by atoms with E-state index in [1.165, 1.54) is 0 Å². The lowest BCUT2D eigenvalue weighted by atomic mass is 10.1. The summed E-state index contributed by atoms with van der Waals surface area (Å²) >= 11 is 3.41. The van der Waals surface area contributed by atoms with E-state index in [9.17, 15) is 4.79 Å². The summed E-state index contributed by atoms with van der Waals surface area (Å²) < 4.78 is 0.979. The minimum absolute atomic E-state index is 0.0753. The Bertz CT molecular complexity index is 349. The summed E-state index contributed by atoms with van der Waals surface area (Å²) in [5, 5.41) is 0. The van der Waals surface area contributed by atoms with Gasteiger partial charge in [-0.3, -0.25) is 4.79 Å². The van der Waals surface area contributed by atoms with Crippen LogP contribution in [-0.2, 0) is 0 Å². The molecule has 0 atom stereocenters. The number of carbonyl (C=O) groups excluding carboxylic acids is 1. The molecular formula is C11H14BrNO. The maximum absolute atomic E-state index is 11.9. The molecule has 3 heteroatoms. The molecular weight excluding hydrogens is 242 g/mol. The highest BCUT2D eigenvalue weighted by Gasteiger charge is 2.13. The Morgan fingerprint density at radius 2 is 2.14 bits per heavy atom. The number of hydrogen-bond acceptors (Lipinski definition) is 1. The molecule has 14 heavy (non-hydrogen) atoms. The average molecular weight is 256 g/mol. The van der Waals surface area contributed by atoms with Crippen molar-refractivity contribution in [3.05, 3.63) is 33.8 Å². The number of hydrogen-bond donors (Lipinski definition) is 0. The van der Waals surface area contributed by atoms with Gasteiger partial charge in [-0.25, -0.2) is 0 Å². The number of benzene rings is 1. The van der Waals surface area contributed by atoms with Crippen molar-refractivity contribution in [2.75, 3.05) is 13.6 Å². The molecule has 0 heterocycles. The molecule has 0 aliphatic heterocycles. The van der Waals surface area contributed by atoms with Crippen molar-refractivity contribution in [3.8, 4) is 0 Å². The van der Waals surface area contributed by atoms with Crippen molar-refractivity contribution in [2.24, 2.45) is 0 Å². The predicted molar refractivity (Wildman–Crippen MR) is 61.5 cm³/mol. The molecule has 0 aromatic heterocycles. The van der Waals surface area contributed by atoms with Gasteiger partial charge < -0.3 is 4.90 Å². The first-order chi connectivity index (χ1) is 6.57. The Hall–Kier alpha value is -0.830. The van der Waals surface area contributed by atoms with Gasteiger partial charge in [-0.2, -0.15) is 0 Å². The van der Waals surface area contributed by atoms with Gasteiger partial charge in [-0.15, -0.1) is 0 Å². The molecule has 76 valence electrons. The minimum Gasteiger partial charge on any atom is -0.342 e. The zero-order valence-electron chi connectivity index (χ0n) is 8.67. The van der Waals surface area contributed by atoms with Crippen LogP contribution in [0.5, 0.6) is 0 Å². The van der Waals surface area contributed by atoms with Crippen LogP contribution in [0.1, 0.15) is 22.8 Å². The van der Waals surface area contributed by atoms with E-state index in [2.05, 4.69) is 15.9 Å². The van der Waals surface area contributed by atoms with Crippen molar-refractivity contribution >= 4 is 21.8 Å². The molecule has 1 amide bonds. The van der Waals surface area contributed by atoms with Gasteiger partial charge in [0.25, 0.3) is 5.91 Å². The van der Waals surface area contributed by atoms with Gasteiger partial charge in [0.05, 0.1) is 0 Å². The molecule has 0 aliphatic carbocycles. The van der Waals surface area contributed by atoms with Crippen molar-refractivity contribution in [2.45, 2.75) is 13.8 Å². The Labute approximate surface area is 93.0 Å². The summed E-state index contributed by atoms with van der Waals surface area (Å²) in [5.74, 6) is 0.0753. The van der Waals surface area contributed by atoms with Crippen LogP contribution in [0.4, 0.5) is 0 Å². The van der Waals surface area contributed by atoms with Crippen molar-refractivity contribution in [1.29, 1.82) is 0 Å². The average Bonchev–Trinajstić information content (AvgIpc) is 2.20. The first-order valence-corrected chi connectivity index (χ1v) is 5.37. The topological polar surface area (TPSA) is 20.3 Å². The maximum atomic E-state index is 11.9. The second-order valence-corrected chi connectivity index (χ2v) is 4.09. The number of nitrogens with zero attached hydrogens (tertiary/aromatic N) is 1. The van der Waals surface area contributed by atoms with Crippen LogP contribution >= 0.6 is 15.9 Å². The summed E-state index contributed by atoms with van der Waals surface area (Å²) in [5.41, 5.74) is 1.77. The van der Waals surface area contributed by atoms with Crippen molar-refractivity contribution in [3.63, 3.8) is 0 Å². The fraction of sp³-hybridized carbons (Fsp3) is 0.364. The standard InChI is InChI=1S/C11H14BrNO/c1-4-13(3)11(14)9-6-5-7-10(12)8(9)2/h5-7H,4H2,1-3H3. The number of rotatable bonds is 2.